The Bertz CT molecular complexity index is 575. The van der Waals surface area contributed by atoms with E-state index in [1.807, 2.05) is 13.8 Å². The van der Waals surface area contributed by atoms with Gasteiger partial charge in [0, 0.05) is 12.2 Å². The molecule has 1 aromatic heterocycles. The first-order chi connectivity index (χ1) is 9.11. The smallest absolute Gasteiger partial charge is 0.271 e. The Labute approximate surface area is 111 Å². The Kier molecular flexibility index (Phi) is 3.94. The number of aryl methyl sites for hydroxylation is 1. The van der Waals surface area contributed by atoms with Crippen LogP contribution >= 0.6 is 0 Å². The monoisotopic (exact) mass is 261 g/mol. The molecular weight excluding hydrogens is 245 g/mol. The quantitative estimate of drug-likeness (QED) is 0.919. The van der Waals surface area contributed by atoms with Crippen LogP contribution in [0.1, 0.15) is 29.5 Å². The molecule has 0 aliphatic carbocycles. The second kappa shape index (κ2) is 5.65. The molecule has 1 N–H and O–H groups in total. The molecule has 1 amide bonds. The summed E-state index contributed by atoms with van der Waals surface area (Å²) >= 11 is 0. The van der Waals surface area contributed by atoms with E-state index < -0.39 is 0 Å². The van der Waals surface area contributed by atoms with Gasteiger partial charge in [0.25, 0.3) is 5.91 Å². The van der Waals surface area contributed by atoms with Crippen LogP contribution in [0.3, 0.4) is 0 Å². The first-order valence-corrected chi connectivity index (χ1v) is 6.22. The fraction of sp³-hybridized carbons (Fsp3) is 0.286. The molecule has 0 fully saturated rings. The summed E-state index contributed by atoms with van der Waals surface area (Å²) in [6.07, 6.45) is 0.878. The van der Waals surface area contributed by atoms with Gasteiger partial charge in [0.05, 0.1) is 5.69 Å². The fourth-order valence-electron chi connectivity index (χ4n) is 1.76. The third-order valence-corrected chi connectivity index (χ3v) is 2.73. The van der Waals surface area contributed by atoms with Crippen LogP contribution in [0.5, 0.6) is 0 Å². The summed E-state index contributed by atoms with van der Waals surface area (Å²) in [5, 5.41) is 7.02. The molecule has 5 heteroatoms. The zero-order valence-corrected chi connectivity index (χ0v) is 11.0. The number of hydrogen-bond donors (Lipinski definition) is 1. The normalized spacial score (nSPS) is 10.5. The molecular formula is C14H16FN3O. The van der Waals surface area contributed by atoms with Gasteiger partial charge >= 0.3 is 0 Å². The molecule has 100 valence electrons. The SMILES string of the molecule is CCCNC(=O)c1cc(C)n(-c2ccc(F)cc2)n1. The van der Waals surface area contributed by atoms with E-state index in [2.05, 4.69) is 10.4 Å². The van der Waals surface area contributed by atoms with Crippen molar-refractivity contribution in [2.75, 3.05) is 6.54 Å². The lowest BCUT2D eigenvalue weighted by atomic mass is 10.3. The van der Waals surface area contributed by atoms with Gasteiger partial charge in [0.15, 0.2) is 5.69 Å². The predicted octanol–water partition coefficient (Wildman–Crippen LogP) is 2.46. The first kappa shape index (κ1) is 13.3. The van der Waals surface area contributed by atoms with Crippen LogP contribution in [0.15, 0.2) is 30.3 Å². The van der Waals surface area contributed by atoms with E-state index in [0.717, 1.165) is 17.8 Å². The minimum Gasteiger partial charge on any atom is -0.351 e. The molecule has 0 aliphatic heterocycles. The van der Waals surface area contributed by atoms with Gasteiger partial charge in [0.1, 0.15) is 5.82 Å². The molecule has 4 nitrogen and oxygen atoms in total. The highest BCUT2D eigenvalue weighted by Crippen LogP contribution is 2.12. The Morgan fingerprint density at radius 1 is 1.37 bits per heavy atom. The Hall–Kier alpha value is -2.17. The number of carbonyl (C=O) groups is 1. The highest BCUT2D eigenvalue weighted by molar-refractivity contribution is 5.92. The second-order valence-corrected chi connectivity index (χ2v) is 4.32. The standard InChI is InChI=1S/C14H16FN3O/c1-3-8-16-14(19)13-9-10(2)18(17-13)12-6-4-11(15)5-7-12/h4-7,9H,3,8H2,1-2H3,(H,16,19). The van der Waals surface area contributed by atoms with E-state index in [4.69, 9.17) is 0 Å². The fourth-order valence-corrected chi connectivity index (χ4v) is 1.76. The summed E-state index contributed by atoms with van der Waals surface area (Å²) in [5.74, 6) is -0.486. The van der Waals surface area contributed by atoms with Gasteiger partial charge < -0.3 is 5.32 Å². The second-order valence-electron chi connectivity index (χ2n) is 4.32. The van der Waals surface area contributed by atoms with Gasteiger partial charge in [0.2, 0.25) is 0 Å². The third-order valence-electron chi connectivity index (χ3n) is 2.73. The third kappa shape index (κ3) is 2.99. The van der Waals surface area contributed by atoms with Gasteiger partial charge in [-0.25, -0.2) is 9.07 Å². The molecule has 0 bridgehead atoms. The van der Waals surface area contributed by atoms with Crippen molar-refractivity contribution in [2.45, 2.75) is 20.3 Å². The zero-order valence-electron chi connectivity index (χ0n) is 11.0. The number of nitrogens with zero attached hydrogens (tertiary/aromatic N) is 2. The molecule has 0 unspecified atom stereocenters. The maximum Gasteiger partial charge on any atom is 0.271 e. The van der Waals surface area contributed by atoms with Crippen LogP contribution < -0.4 is 5.32 Å². The van der Waals surface area contributed by atoms with E-state index >= 15 is 0 Å². The number of nitrogens with one attached hydrogen (secondary N) is 1. The van der Waals surface area contributed by atoms with Crippen molar-refractivity contribution in [1.82, 2.24) is 15.1 Å². The van der Waals surface area contributed by atoms with E-state index in [1.54, 1.807) is 22.9 Å². The van der Waals surface area contributed by atoms with Gasteiger partial charge in [-0.3, -0.25) is 4.79 Å². The Balaban J connectivity index is 2.26. The summed E-state index contributed by atoms with van der Waals surface area (Å²) in [5.41, 5.74) is 1.93. The molecule has 2 aromatic rings. The van der Waals surface area contributed by atoms with Gasteiger partial charge in [-0.2, -0.15) is 5.10 Å². The number of rotatable bonds is 4. The lowest BCUT2D eigenvalue weighted by molar-refractivity contribution is 0.0948. The lowest BCUT2D eigenvalue weighted by Gasteiger charge is -2.03. The minimum atomic E-state index is -0.297. The Morgan fingerprint density at radius 2 is 2.05 bits per heavy atom. The average molecular weight is 261 g/mol. The number of carbonyl (C=O) groups excluding carboxylic acids is 1. The summed E-state index contributed by atoms with van der Waals surface area (Å²) in [6, 6.07) is 7.71. The largest absolute Gasteiger partial charge is 0.351 e. The van der Waals surface area contributed by atoms with Crippen molar-refractivity contribution in [3.8, 4) is 5.69 Å². The van der Waals surface area contributed by atoms with E-state index in [-0.39, 0.29) is 11.7 Å². The van der Waals surface area contributed by atoms with Gasteiger partial charge in [-0.05, 0) is 43.7 Å². The number of halogens is 1. The van der Waals surface area contributed by atoms with Crippen molar-refractivity contribution in [1.29, 1.82) is 0 Å². The minimum absolute atomic E-state index is 0.189. The molecule has 0 saturated carbocycles. The van der Waals surface area contributed by atoms with Crippen LogP contribution in [0.25, 0.3) is 5.69 Å². The van der Waals surface area contributed by atoms with Crippen LogP contribution in [0.4, 0.5) is 4.39 Å². The summed E-state index contributed by atoms with van der Waals surface area (Å²) in [7, 11) is 0. The number of benzene rings is 1. The molecule has 0 atom stereocenters. The number of aromatic nitrogens is 2. The molecule has 19 heavy (non-hydrogen) atoms. The zero-order chi connectivity index (χ0) is 13.8. The van der Waals surface area contributed by atoms with Crippen LogP contribution in [0, 0.1) is 12.7 Å². The average Bonchev–Trinajstić information content (AvgIpc) is 2.79. The van der Waals surface area contributed by atoms with Crippen LogP contribution in [-0.2, 0) is 0 Å². The molecule has 2 rings (SSSR count). The van der Waals surface area contributed by atoms with Crippen molar-refractivity contribution < 1.29 is 9.18 Å². The van der Waals surface area contributed by atoms with E-state index in [1.165, 1.54) is 12.1 Å². The number of hydrogen-bond acceptors (Lipinski definition) is 2. The van der Waals surface area contributed by atoms with Crippen LogP contribution in [-0.4, -0.2) is 22.2 Å². The molecule has 0 saturated heterocycles. The van der Waals surface area contributed by atoms with Crippen LogP contribution in [0.2, 0.25) is 0 Å². The lowest BCUT2D eigenvalue weighted by Crippen LogP contribution is -2.24. The molecule has 0 aliphatic rings. The van der Waals surface area contributed by atoms with Crippen molar-refractivity contribution in [3.63, 3.8) is 0 Å². The van der Waals surface area contributed by atoms with Crippen molar-refractivity contribution in [2.24, 2.45) is 0 Å². The summed E-state index contributed by atoms with van der Waals surface area (Å²) in [6.45, 7) is 4.47. The summed E-state index contributed by atoms with van der Waals surface area (Å²) in [4.78, 5) is 11.8. The predicted molar refractivity (Wildman–Crippen MR) is 70.9 cm³/mol. The highest BCUT2D eigenvalue weighted by Gasteiger charge is 2.12. The molecule has 0 radical (unpaired) electrons. The molecule has 0 spiro atoms. The van der Waals surface area contributed by atoms with Crippen molar-refractivity contribution in [3.05, 3.63) is 47.5 Å². The molecule has 1 heterocycles. The summed E-state index contributed by atoms with van der Waals surface area (Å²) < 4.78 is 14.5. The number of amides is 1. The van der Waals surface area contributed by atoms with Gasteiger partial charge in [-0.1, -0.05) is 6.92 Å². The Morgan fingerprint density at radius 3 is 2.68 bits per heavy atom. The topological polar surface area (TPSA) is 46.9 Å². The highest BCUT2D eigenvalue weighted by atomic mass is 19.1. The van der Waals surface area contributed by atoms with E-state index in [0.29, 0.717) is 12.2 Å². The van der Waals surface area contributed by atoms with Gasteiger partial charge in [-0.15, -0.1) is 0 Å². The first-order valence-electron chi connectivity index (χ1n) is 6.22. The maximum absolute atomic E-state index is 12.9. The maximum atomic E-state index is 12.9. The van der Waals surface area contributed by atoms with Crippen molar-refractivity contribution >= 4 is 5.91 Å². The van der Waals surface area contributed by atoms with E-state index in [9.17, 15) is 9.18 Å². The molecule has 1 aromatic carbocycles.